The van der Waals surface area contributed by atoms with Crippen LogP contribution in [0, 0.1) is 16.0 Å². The van der Waals surface area contributed by atoms with Gasteiger partial charge in [-0.05, 0) is 42.3 Å². The Morgan fingerprint density at radius 2 is 2.18 bits per heavy atom. The largest absolute Gasteiger partial charge is 0.480 e. The molecule has 1 aliphatic rings. The average molecular weight is 412 g/mol. The molecule has 1 saturated heterocycles. The van der Waals surface area contributed by atoms with Crippen molar-refractivity contribution in [2.75, 3.05) is 12.3 Å². The summed E-state index contributed by atoms with van der Waals surface area (Å²) in [6.45, 7) is 1.77. The van der Waals surface area contributed by atoms with E-state index in [2.05, 4.69) is 4.84 Å². The Morgan fingerprint density at radius 3 is 2.86 bits per heavy atom. The Hall–Kier alpha value is -2.82. The minimum absolute atomic E-state index is 0.143. The molecule has 1 fully saturated rings. The third-order valence-corrected chi connectivity index (χ3v) is 5.12. The molecule has 1 aromatic rings. The number of hydrogen-bond donors (Lipinski definition) is 1. The third-order valence-electron chi connectivity index (χ3n) is 4.13. The molecular weight excluding hydrogens is 392 g/mol. The van der Waals surface area contributed by atoms with Crippen molar-refractivity contribution in [2.45, 2.75) is 32.4 Å². The fraction of sp³-hybridized carbons (Fsp3) is 0.471. The summed E-state index contributed by atoms with van der Waals surface area (Å²) in [6.07, 6.45) is 1.07. The Balaban J connectivity index is 1.83. The van der Waals surface area contributed by atoms with E-state index in [9.17, 15) is 24.5 Å². The maximum atomic E-state index is 12.4. The lowest BCUT2D eigenvalue weighted by atomic mass is 10.1. The fourth-order valence-corrected chi connectivity index (χ4v) is 3.47. The smallest absolute Gasteiger partial charge is 0.372 e. The lowest BCUT2D eigenvalue weighted by Crippen LogP contribution is -2.43. The molecule has 1 aromatic carbocycles. The van der Waals surface area contributed by atoms with Crippen molar-refractivity contribution in [2.24, 2.45) is 5.92 Å². The molecule has 1 heterocycles. The molecule has 0 aliphatic carbocycles. The number of likely N-dealkylation sites (tertiary alicyclic amines) is 1. The van der Waals surface area contributed by atoms with Crippen molar-refractivity contribution >= 4 is 28.9 Å². The average Bonchev–Trinajstić information content (AvgIpc) is 3.14. The molecule has 1 amide bonds. The summed E-state index contributed by atoms with van der Waals surface area (Å²) >= 11 is 0.805. The molecule has 0 saturated carbocycles. The summed E-state index contributed by atoms with van der Waals surface area (Å²) in [5.74, 6) is -1.52. The minimum Gasteiger partial charge on any atom is -0.480 e. The van der Waals surface area contributed by atoms with Crippen LogP contribution >= 0.6 is 11.8 Å². The van der Waals surface area contributed by atoms with Crippen LogP contribution in [0.3, 0.4) is 0 Å². The molecule has 0 bridgehead atoms. The molecule has 0 aromatic heterocycles. The molecule has 0 radical (unpaired) electrons. The predicted molar refractivity (Wildman–Crippen MR) is 98.2 cm³/mol. The zero-order valence-corrected chi connectivity index (χ0v) is 15.9. The third kappa shape index (κ3) is 6.12. The molecular formula is C17H20N2O8S. The molecule has 10 nitrogen and oxygen atoms in total. The molecule has 1 N–H and O–H groups in total. The Morgan fingerprint density at radius 1 is 1.43 bits per heavy atom. The van der Waals surface area contributed by atoms with Gasteiger partial charge in [0.05, 0.1) is 0 Å². The highest BCUT2D eigenvalue weighted by atomic mass is 32.2. The Kier molecular flexibility index (Phi) is 7.61. The van der Waals surface area contributed by atoms with Crippen molar-refractivity contribution in [1.82, 2.24) is 4.90 Å². The van der Waals surface area contributed by atoms with E-state index in [0.717, 1.165) is 11.8 Å². The van der Waals surface area contributed by atoms with E-state index in [0.29, 0.717) is 24.9 Å². The summed E-state index contributed by atoms with van der Waals surface area (Å²) in [5.41, 5.74) is 0.462. The first-order valence-electron chi connectivity index (χ1n) is 8.52. The summed E-state index contributed by atoms with van der Waals surface area (Å²) in [4.78, 5) is 51.5. The number of carbonyl (C=O) groups is 3. The summed E-state index contributed by atoms with van der Waals surface area (Å²) < 4.78 is 5.16. The van der Waals surface area contributed by atoms with Gasteiger partial charge in [-0.25, -0.2) is 9.59 Å². The van der Waals surface area contributed by atoms with Crippen molar-refractivity contribution in [3.8, 4) is 5.75 Å². The number of amides is 1. The van der Waals surface area contributed by atoms with E-state index >= 15 is 0 Å². The van der Waals surface area contributed by atoms with Crippen LogP contribution in [0.1, 0.15) is 25.3 Å². The molecule has 2 atom stereocenters. The number of aliphatic carboxylic acids is 1. The van der Waals surface area contributed by atoms with Gasteiger partial charge in [0.1, 0.15) is 18.4 Å². The Bertz CT molecular complexity index is 756. The maximum Gasteiger partial charge on any atom is 0.372 e. The highest BCUT2D eigenvalue weighted by molar-refractivity contribution is 8.13. The zero-order valence-electron chi connectivity index (χ0n) is 15.1. The quantitative estimate of drug-likeness (QED) is 0.387. The second-order valence-electron chi connectivity index (χ2n) is 6.24. The van der Waals surface area contributed by atoms with Gasteiger partial charge in [-0.1, -0.05) is 19.1 Å². The summed E-state index contributed by atoms with van der Waals surface area (Å²) in [7, 11) is 0. The van der Waals surface area contributed by atoms with Gasteiger partial charge in [0.2, 0.25) is 5.91 Å². The van der Waals surface area contributed by atoms with Crippen molar-refractivity contribution in [3.05, 3.63) is 39.9 Å². The van der Waals surface area contributed by atoms with Crippen LogP contribution in [0.5, 0.6) is 5.75 Å². The molecule has 11 heteroatoms. The maximum absolute atomic E-state index is 12.4. The van der Waals surface area contributed by atoms with Crippen LogP contribution in [-0.4, -0.2) is 50.6 Å². The molecule has 0 spiro atoms. The van der Waals surface area contributed by atoms with E-state index in [1.54, 1.807) is 19.1 Å². The van der Waals surface area contributed by atoms with Crippen molar-refractivity contribution < 1.29 is 34.2 Å². The highest BCUT2D eigenvalue weighted by Crippen LogP contribution is 2.23. The zero-order chi connectivity index (χ0) is 20.7. The minimum atomic E-state index is -1.02. The van der Waals surface area contributed by atoms with Gasteiger partial charge in [0, 0.05) is 18.2 Å². The van der Waals surface area contributed by atoms with Gasteiger partial charge < -0.3 is 19.6 Å². The SMILES string of the molecule is C[C@H](CSC(=O)Oc1cccc(CO[N+](=O)[O-])c1)C(=O)N1CCC[C@H]1C(=O)O. The van der Waals surface area contributed by atoms with Crippen LogP contribution in [-0.2, 0) is 21.0 Å². The van der Waals surface area contributed by atoms with Crippen LogP contribution in [0.25, 0.3) is 0 Å². The number of carbonyl (C=O) groups excluding carboxylic acids is 2. The predicted octanol–water partition coefficient (Wildman–Crippen LogP) is 2.34. The van der Waals surface area contributed by atoms with E-state index < -0.39 is 28.3 Å². The highest BCUT2D eigenvalue weighted by Gasteiger charge is 2.35. The molecule has 0 unspecified atom stereocenters. The normalized spacial score (nSPS) is 17.0. The first-order valence-corrected chi connectivity index (χ1v) is 9.50. The number of carboxylic acid groups (broad SMARTS) is 1. The van der Waals surface area contributed by atoms with Gasteiger partial charge in [-0.15, -0.1) is 10.1 Å². The standard InChI is InChI=1S/C17H20N2O8S/c1-11(15(20)18-7-3-6-14(18)16(21)22)10-28-17(23)27-13-5-2-4-12(8-13)9-26-19(24)25/h2,4-5,8,11,14H,3,6-7,9-10H2,1H3,(H,21,22)/t11-,14+/m1/s1. The number of thioether (sulfide) groups is 1. The lowest BCUT2D eigenvalue weighted by Gasteiger charge is -2.24. The first-order chi connectivity index (χ1) is 13.3. The molecule has 1 aliphatic heterocycles. The van der Waals surface area contributed by atoms with Gasteiger partial charge in [0.25, 0.3) is 5.09 Å². The second kappa shape index (κ2) is 9.93. The number of carboxylic acids is 1. The molecule has 2 rings (SSSR count). The lowest BCUT2D eigenvalue weighted by molar-refractivity contribution is -0.763. The van der Waals surface area contributed by atoms with Gasteiger partial charge >= 0.3 is 11.3 Å². The van der Waals surface area contributed by atoms with Crippen LogP contribution in [0.2, 0.25) is 0 Å². The first kappa shape index (κ1) is 21.5. The van der Waals surface area contributed by atoms with Gasteiger partial charge in [0.15, 0.2) is 0 Å². The van der Waals surface area contributed by atoms with E-state index in [4.69, 9.17) is 9.84 Å². The van der Waals surface area contributed by atoms with Gasteiger partial charge in [-0.2, -0.15) is 0 Å². The monoisotopic (exact) mass is 412 g/mol. The van der Waals surface area contributed by atoms with Crippen LogP contribution in [0.4, 0.5) is 4.79 Å². The number of benzene rings is 1. The number of rotatable bonds is 8. The topological polar surface area (TPSA) is 136 Å². The van der Waals surface area contributed by atoms with Crippen molar-refractivity contribution in [1.29, 1.82) is 0 Å². The number of ether oxygens (including phenoxy) is 1. The van der Waals surface area contributed by atoms with E-state index in [1.807, 2.05) is 0 Å². The number of hydrogen-bond acceptors (Lipinski definition) is 8. The van der Waals surface area contributed by atoms with E-state index in [1.165, 1.54) is 17.0 Å². The van der Waals surface area contributed by atoms with Crippen molar-refractivity contribution in [3.63, 3.8) is 0 Å². The molecule has 152 valence electrons. The fourth-order valence-electron chi connectivity index (χ4n) is 2.79. The van der Waals surface area contributed by atoms with Crippen LogP contribution in [0.15, 0.2) is 24.3 Å². The summed E-state index contributed by atoms with van der Waals surface area (Å²) in [6, 6.07) is 5.31. The van der Waals surface area contributed by atoms with Gasteiger partial charge in [-0.3, -0.25) is 4.79 Å². The van der Waals surface area contributed by atoms with Crippen LogP contribution < -0.4 is 4.74 Å². The second-order valence-corrected chi connectivity index (χ2v) is 7.19. The molecule has 28 heavy (non-hydrogen) atoms. The summed E-state index contributed by atoms with van der Waals surface area (Å²) in [5, 5.41) is 17.8. The van der Waals surface area contributed by atoms with E-state index in [-0.39, 0.29) is 24.0 Å². The Labute approximate surface area is 164 Å². The number of nitrogens with zero attached hydrogens (tertiary/aromatic N) is 2.